The van der Waals surface area contributed by atoms with E-state index in [9.17, 15) is 4.79 Å². The molecule has 140 valence electrons. The smallest absolute Gasteiger partial charge is 0.256 e. The average molecular weight is 372 g/mol. The van der Waals surface area contributed by atoms with E-state index in [1.165, 1.54) is 0 Å². The summed E-state index contributed by atoms with van der Waals surface area (Å²) in [6.07, 6.45) is 3.15. The van der Waals surface area contributed by atoms with Crippen molar-refractivity contribution in [1.29, 1.82) is 0 Å². The largest absolute Gasteiger partial charge is 0.438 e. The number of nitrogens with one attached hydrogen (secondary N) is 2. The molecule has 0 atom stereocenters. The van der Waals surface area contributed by atoms with Gasteiger partial charge in [-0.3, -0.25) is 4.79 Å². The second-order valence-corrected chi connectivity index (χ2v) is 6.33. The van der Waals surface area contributed by atoms with Crippen molar-refractivity contribution in [2.45, 2.75) is 12.8 Å². The Balaban J connectivity index is 1.33. The number of carbonyl (C=O) groups excluding carboxylic acids is 1. The zero-order chi connectivity index (χ0) is 19.2. The summed E-state index contributed by atoms with van der Waals surface area (Å²) in [7, 11) is 0. The van der Waals surface area contributed by atoms with Crippen molar-refractivity contribution in [2.24, 2.45) is 0 Å². The van der Waals surface area contributed by atoms with E-state index in [0.29, 0.717) is 23.7 Å². The topological polar surface area (TPSA) is 79.9 Å². The Labute approximate surface area is 162 Å². The molecule has 4 aromatic rings. The molecular formula is C22H20N4O2. The SMILES string of the molecule is O=C(NCCCc1nc2ccccc2[nH]1)c1cccnc1Oc1ccccc1. The maximum atomic E-state index is 12.6. The molecule has 0 bridgehead atoms. The molecule has 28 heavy (non-hydrogen) atoms. The highest BCUT2D eigenvalue weighted by atomic mass is 16.5. The van der Waals surface area contributed by atoms with E-state index in [4.69, 9.17) is 4.74 Å². The normalized spacial score (nSPS) is 10.7. The molecule has 6 nitrogen and oxygen atoms in total. The van der Waals surface area contributed by atoms with Crippen LogP contribution in [0.15, 0.2) is 72.9 Å². The molecule has 0 fully saturated rings. The predicted octanol–water partition coefficient (Wildman–Crippen LogP) is 4.11. The Bertz CT molecular complexity index is 1040. The summed E-state index contributed by atoms with van der Waals surface area (Å²) in [5.74, 6) is 1.65. The van der Waals surface area contributed by atoms with Gasteiger partial charge in [0.1, 0.15) is 17.1 Å². The standard InChI is InChI=1S/C22H20N4O2/c27-21(17-10-6-15-24-22(17)28-16-8-2-1-3-9-16)23-14-7-13-20-25-18-11-4-5-12-19(18)26-20/h1-6,8-12,15H,7,13-14H2,(H,23,27)(H,25,26). The third kappa shape index (κ3) is 4.17. The number of benzene rings is 2. The zero-order valence-electron chi connectivity index (χ0n) is 15.3. The number of imidazole rings is 1. The Morgan fingerprint density at radius 3 is 2.68 bits per heavy atom. The van der Waals surface area contributed by atoms with Crippen LogP contribution in [0.4, 0.5) is 0 Å². The first-order valence-corrected chi connectivity index (χ1v) is 9.19. The van der Waals surface area contributed by atoms with Gasteiger partial charge < -0.3 is 15.0 Å². The lowest BCUT2D eigenvalue weighted by Gasteiger charge is -2.10. The number of rotatable bonds is 7. The number of aryl methyl sites for hydroxylation is 1. The van der Waals surface area contributed by atoms with Gasteiger partial charge in [-0.25, -0.2) is 9.97 Å². The lowest BCUT2D eigenvalue weighted by molar-refractivity contribution is 0.0950. The van der Waals surface area contributed by atoms with Crippen LogP contribution in [0.2, 0.25) is 0 Å². The van der Waals surface area contributed by atoms with Gasteiger partial charge in [-0.05, 0) is 42.8 Å². The summed E-state index contributed by atoms with van der Waals surface area (Å²) in [5.41, 5.74) is 2.40. The average Bonchev–Trinajstić information content (AvgIpc) is 3.15. The van der Waals surface area contributed by atoms with Crippen molar-refractivity contribution in [3.05, 3.63) is 84.3 Å². The van der Waals surface area contributed by atoms with Crippen LogP contribution in [0.3, 0.4) is 0 Å². The lowest BCUT2D eigenvalue weighted by atomic mass is 10.2. The number of hydrogen-bond donors (Lipinski definition) is 2. The predicted molar refractivity (Wildman–Crippen MR) is 108 cm³/mol. The van der Waals surface area contributed by atoms with Gasteiger partial charge in [-0.1, -0.05) is 30.3 Å². The third-order valence-corrected chi connectivity index (χ3v) is 4.29. The Morgan fingerprint density at radius 1 is 1.00 bits per heavy atom. The number of fused-ring (bicyclic) bond motifs is 1. The second-order valence-electron chi connectivity index (χ2n) is 6.33. The Morgan fingerprint density at radius 2 is 1.82 bits per heavy atom. The van der Waals surface area contributed by atoms with E-state index in [2.05, 4.69) is 20.3 Å². The molecule has 4 rings (SSSR count). The van der Waals surface area contributed by atoms with Crippen molar-refractivity contribution < 1.29 is 9.53 Å². The van der Waals surface area contributed by atoms with E-state index in [-0.39, 0.29) is 5.91 Å². The third-order valence-electron chi connectivity index (χ3n) is 4.29. The van der Waals surface area contributed by atoms with Crippen molar-refractivity contribution in [3.63, 3.8) is 0 Å². The fourth-order valence-corrected chi connectivity index (χ4v) is 2.92. The van der Waals surface area contributed by atoms with Crippen molar-refractivity contribution in [2.75, 3.05) is 6.54 Å². The summed E-state index contributed by atoms with van der Waals surface area (Å²) >= 11 is 0. The van der Waals surface area contributed by atoms with Crippen molar-refractivity contribution >= 4 is 16.9 Å². The monoisotopic (exact) mass is 372 g/mol. The molecule has 0 radical (unpaired) electrons. The summed E-state index contributed by atoms with van der Waals surface area (Å²) < 4.78 is 5.75. The molecule has 0 unspecified atom stereocenters. The fraction of sp³-hybridized carbons (Fsp3) is 0.136. The maximum absolute atomic E-state index is 12.6. The van der Waals surface area contributed by atoms with Crippen LogP contribution >= 0.6 is 0 Å². The Hall–Kier alpha value is -3.67. The number of para-hydroxylation sites is 3. The van der Waals surface area contributed by atoms with E-state index >= 15 is 0 Å². The van der Waals surface area contributed by atoms with Gasteiger partial charge in [0, 0.05) is 19.2 Å². The first kappa shape index (κ1) is 17.7. The van der Waals surface area contributed by atoms with Crippen LogP contribution in [0.5, 0.6) is 11.6 Å². The highest BCUT2D eigenvalue weighted by Crippen LogP contribution is 2.22. The molecule has 0 aliphatic heterocycles. The van der Waals surface area contributed by atoms with Crippen LogP contribution in [0, 0.1) is 0 Å². The molecule has 0 saturated carbocycles. The second kappa shape index (κ2) is 8.35. The van der Waals surface area contributed by atoms with Gasteiger partial charge >= 0.3 is 0 Å². The molecule has 0 spiro atoms. The molecule has 0 saturated heterocycles. The number of aromatic nitrogens is 3. The first-order chi connectivity index (χ1) is 13.8. The molecule has 6 heteroatoms. The van der Waals surface area contributed by atoms with Gasteiger partial charge in [-0.15, -0.1) is 0 Å². The minimum absolute atomic E-state index is 0.205. The van der Waals surface area contributed by atoms with Crippen LogP contribution < -0.4 is 10.1 Å². The van der Waals surface area contributed by atoms with Gasteiger partial charge in [0.15, 0.2) is 0 Å². The first-order valence-electron chi connectivity index (χ1n) is 9.19. The number of hydrogen-bond acceptors (Lipinski definition) is 4. The highest BCUT2D eigenvalue weighted by molar-refractivity contribution is 5.96. The van der Waals surface area contributed by atoms with Gasteiger partial charge in [0.2, 0.25) is 5.88 Å². The van der Waals surface area contributed by atoms with Crippen LogP contribution in [0.1, 0.15) is 22.6 Å². The van der Waals surface area contributed by atoms with Crippen LogP contribution in [-0.2, 0) is 6.42 Å². The van der Waals surface area contributed by atoms with Crippen LogP contribution in [0.25, 0.3) is 11.0 Å². The van der Waals surface area contributed by atoms with E-state index in [1.807, 2.05) is 54.6 Å². The molecule has 0 aliphatic rings. The molecule has 0 aliphatic carbocycles. The molecule has 2 aromatic heterocycles. The minimum atomic E-state index is -0.205. The summed E-state index contributed by atoms with van der Waals surface area (Å²) in [6, 6.07) is 20.7. The molecule has 2 aromatic carbocycles. The van der Waals surface area contributed by atoms with Crippen LogP contribution in [-0.4, -0.2) is 27.4 Å². The van der Waals surface area contributed by atoms with Gasteiger partial charge in [-0.2, -0.15) is 0 Å². The molecule has 2 heterocycles. The summed E-state index contributed by atoms with van der Waals surface area (Å²) in [6.45, 7) is 0.537. The van der Waals surface area contributed by atoms with Gasteiger partial charge in [0.25, 0.3) is 5.91 Å². The Kier molecular flexibility index (Phi) is 5.29. The van der Waals surface area contributed by atoms with Crippen molar-refractivity contribution in [1.82, 2.24) is 20.3 Å². The highest BCUT2D eigenvalue weighted by Gasteiger charge is 2.14. The number of H-pyrrole nitrogens is 1. The van der Waals surface area contributed by atoms with E-state index in [1.54, 1.807) is 18.3 Å². The van der Waals surface area contributed by atoms with E-state index < -0.39 is 0 Å². The fourth-order valence-electron chi connectivity index (χ4n) is 2.92. The summed E-state index contributed by atoms with van der Waals surface area (Å²) in [5, 5.41) is 2.93. The van der Waals surface area contributed by atoms with Crippen molar-refractivity contribution in [3.8, 4) is 11.6 Å². The lowest BCUT2D eigenvalue weighted by Crippen LogP contribution is -2.25. The number of aromatic amines is 1. The molecule has 1 amide bonds. The number of ether oxygens (including phenoxy) is 1. The zero-order valence-corrected chi connectivity index (χ0v) is 15.3. The number of nitrogens with zero attached hydrogens (tertiary/aromatic N) is 2. The minimum Gasteiger partial charge on any atom is -0.438 e. The molecule has 2 N–H and O–H groups in total. The quantitative estimate of drug-likeness (QED) is 0.479. The number of carbonyl (C=O) groups is 1. The van der Waals surface area contributed by atoms with E-state index in [0.717, 1.165) is 29.7 Å². The van der Waals surface area contributed by atoms with Gasteiger partial charge in [0.05, 0.1) is 11.0 Å². The molecular weight excluding hydrogens is 352 g/mol. The maximum Gasteiger partial charge on any atom is 0.256 e. The number of pyridine rings is 1. The summed E-state index contributed by atoms with van der Waals surface area (Å²) in [4.78, 5) is 24.6. The number of amides is 1.